The predicted molar refractivity (Wildman–Crippen MR) is 122 cm³/mol. The summed E-state index contributed by atoms with van der Waals surface area (Å²) < 4.78 is 2.54. The Kier molecular flexibility index (Phi) is 6.46. The Morgan fingerprint density at radius 1 is 1.14 bits per heavy atom. The summed E-state index contributed by atoms with van der Waals surface area (Å²) in [7, 11) is 1.91. The van der Waals surface area contributed by atoms with Crippen LogP contribution in [0.2, 0.25) is 9.36 Å². The van der Waals surface area contributed by atoms with Gasteiger partial charge in [0.05, 0.1) is 26.2 Å². The molecule has 0 aliphatic rings. The molecule has 0 bridgehead atoms. The normalized spacial score (nSPS) is 11.3. The topological polar surface area (TPSA) is 60.7 Å². The molecule has 0 unspecified atom stereocenters. The van der Waals surface area contributed by atoms with Gasteiger partial charge in [-0.25, -0.2) is 0 Å². The van der Waals surface area contributed by atoms with E-state index in [4.69, 9.17) is 23.2 Å². The first kappa shape index (κ1) is 20.7. The van der Waals surface area contributed by atoms with Gasteiger partial charge in [-0.2, -0.15) is 0 Å². The highest BCUT2D eigenvalue weighted by Crippen LogP contribution is 2.31. The molecule has 5 nitrogen and oxygen atoms in total. The standard InChI is InChI=1S/C19H14Cl2N4OS3/c1-25-18(10-27-15-6-7-22-13-8-11(20)2-3-12(13)15)23-24-19(25)28-9-14(26)16-4-5-17(21)29-16/h2-8H,9-10H2,1H3. The number of Topliss-reactive ketones (excluding diaryl/α,β-unsaturated/α-hetero) is 1. The maximum Gasteiger partial charge on any atom is 0.191 e. The van der Waals surface area contributed by atoms with E-state index in [0.717, 1.165) is 21.6 Å². The molecule has 148 valence electrons. The summed E-state index contributed by atoms with van der Waals surface area (Å²) >= 11 is 16.3. The molecular formula is C19H14Cl2N4OS3. The minimum atomic E-state index is 0.0349. The molecule has 10 heteroatoms. The third-order valence-corrected chi connectivity index (χ3v) is 7.72. The maximum atomic E-state index is 12.3. The van der Waals surface area contributed by atoms with Gasteiger partial charge in [0, 0.05) is 28.5 Å². The molecular weight excluding hydrogens is 467 g/mol. The van der Waals surface area contributed by atoms with Crippen LogP contribution in [0, 0.1) is 0 Å². The van der Waals surface area contributed by atoms with E-state index in [1.54, 1.807) is 30.1 Å². The number of aromatic nitrogens is 4. The molecule has 0 amide bonds. The number of ketones is 1. The zero-order valence-electron chi connectivity index (χ0n) is 15.1. The molecule has 0 spiro atoms. The van der Waals surface area contributed by atoms with Crippen molar-refractivity contribution in [2.75, 3.05) is 5.75 Å². The lowest BCUT2D eigenvalue weighted by Crippen LogP contribution is -2.02. The second-order valence-electron chi connectivity index (χ2n) is 6.03. The zero-order valence-corrected chi connectivity index (χ0v) is 19.1. The van der Waals surface area contributed by atoms with Crippen LogP contribution in [0.4, 0.5) is 0 Å². The number of carbonyl (C=O) groups is 1. The lowest BCUT2D eigenvalue weighted by molar-refractivity contribution is 0.102. The van der Waals surface area contributed by atoms with Crippen molar-refractivity contribution in [1.82, 2.24) is 19.7 Å². The van der Waals surface area contributed by atoms with Gasteiger partial charge in [-0.1, -0.05) is 41.0 Å². The van der Waals surface area contributed by atoms with Gasteiger partial charge < -0.3 is 4.57 Å². The fourth-order valence-corrected chi connectivity index (χ4v) is 5.70. The molecule has 0 radical (unpaired) electrons. The van der Waals surface area contributed by atoms with Crippen molar-refractivity contribution < 1.29 is 4.79 Å². The fraction of sp³-hybridized carbons (Fsp3) is 0.158. The summed E-state index contributed by atoms with van der Waals surface area (Å²) in [5, 5.41) is 10.9. The summed E-state index contributed by atoms with van der Waals surface area (Å²) in [6, 6.07) is 11.2. The molecule has 3 heterocycles. The Labute approximate surface area is 189 Å². The summed E-state index contributed by atoms with van der Waals surface area (Å²) in [5.74, 6) is 1.82. The Hall–Kier alpha value is -1.58. The summed E-state index contributed by atoms with van der Waals surface area (Å²) in [6.45, 7) is 0. The number of hydrogen-bond donors (Lipinski definition) is 0. The van der Waals surface area contributed by atoms with Gasteiger partial charge in [-0.05, 0) is 30.3 Å². The van der Waals surface area contributed by atoms with Crippen LogP contribution in [0.25, 0.3) is 10.9 Å². The molecule has 0 aliphatic heterocycles. The highest BCUT2D eigenvalue weighted by molar-refractivity contribution is 8.00. The second kappa shape index (κ2) is 9.06. The van der Waals surface area contributed by atoms with Crippen molar-refractivity contribution in [2.24, 2.45) is 7.05 Å². The quantitative estimate of drug-likeness (QED) is 0.238. The molecule has 0 fully saturated rings. The molecule has 3 aromatic heterocycles. The van der Waals surface area contributed by atoms with E-state index in [9.17, 15) is 4.79 Å². The number of hydrogen-bond acceptors (Lipinski definition) is 7. The van der Waals surface area contributed by atoms with Crippen molar-refractivity contribution in [2.45, 2.75) is 15.8 Å². The van der Waals surface area contributed by atoms with Gasteiger partial charge in [-0.3, -0.25) is 9.78 Å². The van der Waals surface area contributed by atoms with Gasteiger partial charge in [0.15, 0.2) is 10.9 Å². The van der Waals surface area contributed by atoms with Gasteiger partial charge in [-0.15, -0.1) is 33.3 Å². The fourth-order valence-electron chi connectivity index (χ4n) is 2.62. The molecule has 0 saturated heterocycles. The van der Waals surface area contributed by atoms with Crippen LogP contribution in [0.3, 0.4) is 0 Å². The first-order chi connectivity index (χ1) is 14.0. The molecule has 4 aromatic rings. The van der Waals surface area contributed by atoms with Crippen LogP contribution >= 0.6 is 58.1 Å². The van der Waals surface area contributed by atoms with Crippen molar-refractivity contribution in [3.05, 3.63) is 62.7 Å². The van der Waals surface area contributed by atoms with Crippen molar-refractivity contribution in [3.63, 3.8) is 0 Å². The lowest BCUT2D eigenvalue weighted by Gasteiger charge is -2.06. The van der Waals surface area contributed by atoms with Crippen molar-refractivity contribution >= 4 is 74.7 Å². The summed E-state index contributed by atoms with van der Waals surface area (Å²) in [6.07, 6.45) is 1.78. The van der Waals surface area contributed by atoms with E-state index in [0.29, 0.717) is 30.9 Å². The zero-order chi connectivity index (χ0) is 20.4. The Morgan fingerprint density at radius 2 is 2.00 bits per heavy atom. The van der Waals surface area contributed by atoms with Crippen LogP contribution in [0.5, 0.6) is 0 Å². The number of carbonyl (C=O) groups excluding carboxylic acids is 1. The Balaban J connectivity index is 1.42. The molecule has 0 atom stereocenters. The molecule has 1 aromatic carbocycles. The van der Waals surface area contributed by atoms with Crippen LogP contribution in [-0.2, 0) is 12.8 Å². The molecule has 0 saturated carbocycles. The van der Waals surface area contributed by atoms with E-state index in [-0.39, 0.29) is 5.78 Å². The third-order valence-electron chi connectivity index (χ3n) is 4.13. The Bertz CT molecular complexity index is 1190. The molecule has 0 aliphatic carbocycles. The maximum absolute atomic E-state index is 12.3. The Morgan fingerprint density at radius 3 is 2.79 bits per heavy atom. The predicted octanol–water partition coefficient (Wildman–Crippen LogP) is 6.00. The number of thiophene rings is 1. The lowest BCUT2D eigenvalue weighted by atomic mass is 10.2. The number of pyridine rings is 1. The highest BCUT2D eigenvalue weighted by atomic mass is 35.5. The van der Waals surface area contributed by atoms with Crippen LogP contribution in [0.15, 0.2) is 52.6 Å². The average molecular weight is 481 g/mol. The van der Waals surface area contributed by atoms with E-state index in [2.05, 4.69) is 15.2 Å². The van der Waals surface area contributed by atoms with Crippen LogP contribution < -0.4 is 0 Å². The minimum Gasteiger partial charge on any atom is -0.308 e. The van der Waals surface area contributed by atoms with E-state index in [1.807, 2.05) is 35.9 Å². The number of halogens is 2. The number of rotatable bonds is 7. The average Bonchev–Trinajstić information content (AvgIpc) is 3.30. The third kappa shape index (κ3) is 4.78. The van der Waals surface area contributed by atoms with Crippen molar-refractivity contribution in [3.8, 4) is 0 Å². The molecule has 29 heavy (non-hydrogen) atoms. The van der Waals surface area contributed by atoms with Gasteiger partial charge >= 0.3 is 0 Å². The number of benzene rings is 1. The second-order valence-corrected chi connectivity index (χ2v) is 10.1. The largest absolute Gasteiger partial charge is 0.308 e. The van der Waals surface area contributed by atoms with Crippen molar-refractivity contribution in [1.29, 1.82) is 0 Å². The smallest absolute Gasteiger partial charge is 0.191 e. The first-order valence-corrected chi connectivity index (χ1v) is 12.0. The highest BCUT2D eigenvalue weighted by Gasteiger charge is 2.14. The van der Waals surface area contributed by atoms with Gasteiger partial charge in [0.2, 0.25) is 0 Å². The van der Waals surface area contributed by atoms with E-state index in [1.165, 1.54) is 23.1 Å². The van der Waals surface area contributed by atoms with E-state index < -0.39 is 0 Å². The monoisotopic (exact) mass is 480 g/mol. The van der Waals surface area contributed by atoms with Crippen LogP contribution in [-0.4, -0.2) is 31.3 Å². The first-order valence-electron chi connectivity index (χ1n) is 8.48. The van der Waals surface area contributed by atoms with Gasteiger partial charge in [0.1, 0.15) is 5.82 Å². The molecule has 4 rings (SSSR count). The van der Waals surface area contributed by atoms with Gasteiger partial charge in [0.25, 0.3) is 0 Å². The number of fused-ring (bicyclic) bond motifs is 1. The summed E-state index contributed by atoms with van der Waals surface area (Å²) in [4.78, 5) is 18.4. The molecule has 0 N–H and O–H groups in total. The number of nitrogens with zero attached hydrogens (tertiary/aromatic N) is 4. The SMILES string of the molecule is Cn1c(CSc2ccnc3cc(Cl)ccc23)nnc1SCC(=O)c1ccc(Cl)s1. The minimum absolute atomic E-state index is 0.0349. The number of thioether (sulfide) groups is 2. The van der Waals surface area contributed by atoms with E-state index >= 15 is 0 Å². The summed E-state index contributed by atoms with van der Waals surface area (Å²) in [5.41, 5.74) is 0.865. The van der Waals surface area contributed by atoms with Crippen LogP contribution in [0.1, 0.15) is 15.5 Å².